The van der Waals surface area contributed by atoms with E-state index < -0.39 is 41.7 Å². The molecule has 156 valence electrons. The number of imide groups is 1. The number of aliphatic carboxylic acids is 1. The van der Waals surface area contributed by atoms with Gasteiger partial charge in [-0.3, -0.25) is 4.79 Å². The first-order valence-electron chi connectivity index (χ1n) is 8.65. The van der Waals surface area contributed by atoms with Gasteiger partial charge >= 0.3 is 18.2 Å². The van der Waals surface area contributed by atoms with Crippen molar-refractivity contribution in [2.75, 3.05) is 11.9 Å². The number of carbonyl (C=O) groups excluding carboxylic acids is 2. The van der Waals surface area contributed by atoms with Crippen molar-refractivity contribution in [2.45, 2.75) is 59.3 Å². The molecule has 0 atom stereocenters. The fourth-order valence-corrected chi connectivity index (χ4v) is 2.03. The van der Waals surface area contributed by atoms with Crippen LogP contribution in [0.25, 0.3) is 0 Å². The molecular formula is C19H27FN2O6. The molecule has 0 unspecified atom stereocenters. The number of carboxylic acids is 1. The summed E-state index contributed by atoms with van der Waals surface area (Å²) < 4.78 is 24.1. The summed E-state index contributed by atoms with van der Waals surface area (Å²) in [4.78, 5) is 36.6. The number of ether oxygens (including phenoxy) is 2. The van der Waals surface area contributed by atoms with Gasteiger partial charge < -0.3 is 19.9 Å². The molecule has 1 aromatic carbocycles. The van der Waals surface area contributed by atoms with Gasteiger partial charge in [0.2, 0.25) is 0 Å². The molecular weight excluding hydrogens is 371 g/mol. The van der Waals surface area contributed by atoms with Crippen LogP contribution in [0.5, 0.6) is 0 Å². The lowest BCUT2D eigenvalue weighted by atomic mass is 10.1. The Morgan fingerprint density at radius 3 is 1.96 bits per heavy atom. The van der Waals surface area contributed by atoms with E-state index in [1.165, 1.54) is 6.07 Å². The number of hydrogen-bond acceptors (Lipinski definition) is 6. The molecule has 0 bridgehead atoms. The van der Waals surface area contributed by atoms with Crippen LogP contribution in [-0.2, 0) is 20.8 Å². The minimum absolute atomic E-state index is 0.138. The van der Waals surface area contributed by atoms with Gasteiger partial charge in [0.1, 0.15) is 23.6 Å². The summed E-state index contributed by atoms with van der Waals surface area (Å²) in [5, 5.41) is 11.4. The molecule has 0 aliphatic rings. The zero-order valence-corrected chi connectivity index (χ0v) is 17.0. The molecule has 0 aliphatic carbocycles. The standard InChI is InChI=1S/C19H27FN2O6/c1-18(2,3)27-16(25)22(17(26)28-19(4,5)6)11-12-7-8-13(20)9-14(12)21-10-15(23)24/h7-9,21H,10-11H2,1-6H3,(H,23,24). The molecule has 0 aromatic heterocycles. The van der Waals surface area contributed by atoms with E-state index >= 15 is 0 Å². The molecule has 2 N–H and O–H groups in total. The zero-order chi connectivity index (χ0) is 21.7. The van der Waals surface area contributed by atoms with Crippen LogP contribution in [0.4, 0.5) is 19.7 Å². The quantitative estimate of drug-likeness (QED) is 0.772. The van der Waals surface area contributed by atoms with Gasteiger partial charge in [0.25, 0.3) is 0 Å². The fraction of sp³-hybridized carbons (Fsp3) is 0.526. The fourth-order valence-electron chi connectivity index (χ4n) is 2.03. The molecule has 9 heteroatoms. The number of carboxylic acid groups (broad SMARTS) is 1. The van der Waals surface area contributed by atoms with Crippen molar-refractivity contribution >= 4 is 23.8 Å². The van der Waals surface area contributed by atoms with Crippen LogP contribution in [-0.4, -0.2) is 45.9 Å². The number of carbonyl (C=O) groups is 3. The van der Waals surface area contributed by atoms with Crippen LogP contribution in [0.2, 0.25) is 0 Å². The van der Waals surface area contributed by atoms with Gasteiger partial charge in [0.05, 0.1) is 6.54 Å². The third-order valence-electron chi connectivity index (χ3n) is 3.06. The van der Waals surface area contributed by atoms with Gasteiger partial charge in [0.15, 0.2) is 0 Å². The van der Waals surface area contributed by atoms with E-state index in [0.717, 1.165) is 17.0 Å². The summed E-state index contributed by atoms with van der Waals surface area (Å²) in [5.74, 6) is -1.75. The monoisotopic (exact) mass is 398 g/mol. The Morgan fingerprint density at radius 1 is 1.04 bits per heavy atom. The van der Waals surface area contributed by atoms with Crippen molar-refractivity contribution < 1.29 is 33.4 Å². The third-order valence-corrected chi connectivity index (χ3v) is 3.06. The predicted molar refractivity (Wildman–Crippen MR) is 101 cm³/mol. The van der Waals surface area contributed by atoms with Crippen LogP contribution < -0.4 is 5.32 Å². The molecule has 0 saturated carbocycles. The van der Waals surface area contributed by atoms with Crippen molar-refractivity contribution in [3.05, 3.63) is 29.6 Å². The zero-order valence-electron chi connectivity index (χ0n) is 17.0. The second-order valence-electron chi connectivity index (χ2n) is 8.10. The van der Waals surface area contributed by atoms with Crippen molar-refractivity contribution in [1.82, 2.24) is 4.90 Å². The van der Waals surface area contributed by atoms with E-state index in [4.69, 9.17) is 14.6 Å². The summed E-state index contributed by atoms with van der Waals surface area (Å²) in [6, 6.07) is 3.57. The van der Waals surface area contributed by atoms with Crippen LogP contribution >= 0.6 is 0 Å². The first-order chi connectivity index (χ1) is 12.7. The van der Waals surface area contributed by atoms with Crippen LogP contribution in [0.3, 0.4) is 0 Å². The summed E-state index contributed by atoms with van der Waals surface area (Å²) in [6.45, 7) is 9.13. The Hall–Kier alpha value is -2.84. The lowest BCUT2D eigenvalue weighted by Gasteiger charge is -2.29. The Labute approximate surface area is 163 Å². The number of nitrogens with zero attached hydrogens (tertiary/aromatic N) is 1. The number of hydrogen-bond donors (Lipinski definition) is 2. The second kappa shape index (κ2) is 8.90. The van der Waals surface area contributed by atoms with Gasteiger partial charge in [-0.2, -0.15) is 0 Å². The summed E-state index contributed by atoms with van der Waals surface area (Å²) >= 11 is 0. The molecule has 0 saturated heterocycles. The van der Waals surface area contributed by atoms with E-state index in [9.17, 15) is 18.8 Å². The van der Waals surface area contributed by atoms with E-state index in [1.807, 2.05) is 0 Å². The highest BCUT2D eigenvalue weighted by atomic mass is 19.1. The maximum atomic E-state index is 13.6. The molecule has 1 aromatic rings. The van der Waals surface area contributed by atoms with Crippen LogP contribution in [0.1, 0.15) is 47.1 Å². The van der Waals surface area contributed by atoms with Gasteiger partial charge in [-0.15, -0.1) is 0 Å². The molecule has 2 amide bonds. The Kier molecular flexibility index (Phi) is 7.37. The summed E-state index contributed by atoms with van der Waals surface area (Å²) in [6.07, 6.45) is -1.87. The van der Waals surface area contributed by atoms with Crippen molar-refractivity contribution in [2.24, 2.45) is 0 Å². The van der Waals surface area contributed by atoms with Crippen LogP contribution in [0, 0.1) is 5.82 Å². The Morgan fingerprint density at radius 2 is 1.54 bits per heavy atom. The number of rotatable bonds is 5. The number of amides is 2. The highest BCUT2D eigenvalue weighted by Gasteiger charge is 2.31. The molecule has 0 fully saturated rings. The predicted octanol–water partition coefficient (Wildman–Crippen LogP) is 3.99. The van der Waals surface area contributed by atoms with Gasteiger partial charge in [-0.25, -0.2) is 18.9 Å². The summed E-state index contributed by atoms with van der Waals surface area (Å²) in [7, 11) is 0. The van der Waals surface area contributed by atoms with E-state index in [2.05, 4.69) is 5.32 Å². The van der Waals surface area contributed by atoms with E-state index in [1.54, 1.807) is 41.5 Å². The van der Waals surface area contributed by atoms with Crippen molar-refractivity contribution in [3.63, 3.8) is 0 Å². The second-order valence-corrected chi connectivity index (χ2v) is 8.10. The lowest BCUT2D eigenvalue weighted by Crippen LogP contribution is -2.43. The SMILES string of the molecule is CC(C)(C)OC(=O)N(Cc1ccc(F)cc1NCC(=O)O)C(=O)OC(C)(C)C. The molecule has 0 aliphatic heterocycles. The number of benzene rings is 1. The maximum absolute atomic E-state index is 13.6. The van der Waals surface area contributed by atoms with E-state index in [-0.39, 0.29) is 12.2 Å². The first-order valence-corrected chi connectivity index (χ1v) is 8.65. The first kappa shape index (κ1) is 23.2. The van der Waals surface area contributed by atoms with Gasteiger partial charge in [-0.05, 0) is 59.2 Å². The molecule has 28 heavy (non-hydrogen) atoms. The van der Waals surface area contributed by atoms with Gasteiger partial charge in [0, 0.05) is 5.69 Å². The topological polar surface area (TPSA) is 105 Å². The third kappa shape index (κ3) is 8.24. The minimum atomic E-state index is -1.15. The highest BCUT2D eigenvalue weighted by Crippen LogP contribution is 2.22. The molecule has 8 nitrogen and oxygen atoms in total. The van der Waals surface area contributed by atoms with E-state index in [0.29, 0.717) is 5.56 Å². The number of anilines is 1. The Bertz CT molecular complexity index is 709. The molecule has 1 rings (SSSR count). The average molecular weight is 398 g/mol. The summed E-state index contributed by atoms with van der Waals surface area (Å²) in [5.41, 5.74) is -1.26. The molecule has 0 radical (unpaired) electrons. The van der Waals surface area contributed by atoms with Crippen molar-refractivity contribution in [1.29, 1.82) is 0 Å². The van der Waals surface area contributed by atoms with Crippen molar-refractivity contribution in [3.8, 4) is 0 Å². The normalized spacial score (nSPS) is 11.5. The highest BCUT2D eigenvalue weighted by molar-refractivity contribution is 5.88. The average Bonchev–Trinajstić information content (AvgIpc) is 2.48. The maximum Gasteiger partial charge on any atom is 0.420 e. The van der Waals surface area contributed by atoms with Crippen LogP contribution in [0.15, 0.2) is 18.2 Å². The number of halogens is 1. The largest absolute Gasteiger partial charge is 0.480 e. The Balaban J connectivity index is 3.20. The lowest BCUT2D eigenvalue weighted by molar-refractivity contribution is -0.134. The minimum Gasteiger partial charge on any atom is -0.480 e. The smallest absolute Gasteiger partial charge is 0.420 e. The van der Waals surface area contributed by atoms with Gasteiger partial charge in [-0.1, -0.05) is 6.07 Å². The molecule has 0 spiro atoms. The molecule has 0 heterocycles. The number of nitrogens with one attached hydrogen (secondary N) is 1.